The van der Waals surface area contributed by atoms with E-state index in [1.165, 1.54) is 0 Å². The highest BCUT2D eigenvalue weighted by Crippen LogP contribution is 2.03. The predicted octanol–water partition coefficient (Wildman–Crippen LogP) is -6.68. The molecule has 90 valence electrons. The monoisotopic (exact) mass is 252 g/mol. The van der Waals surface area contributed by atoms with E-state index >= 15 is 0 Å². The van der Waals surface area contributed by atoms with Gasteiger partial charge in [-0.15, -0.1) is 0 Å². The van der Waals surface area contributed by atoms with E-state index in [-0.39, 0.29) is 13.2 Å². The minimum absolute atomic E-state index is 0.125. The van der Waals surface area contributed by atoms with Gasteiger partial charge in [-0.05, 0) is 0 Å². The van der Waals surface area contributed by atoms with Crippen LogP contribution in [0.2, 0.25) is 0 Å². The second-order valence-corrected chi connectivity index (χ2v) is 3.13. The molecule has 0 spiro atoms. The molecule has 0 aliphatic rings. The molecule has 12 heteroatoms. The van der Waals surface area contributed by atoms with Gasteiger partial charge in [-0.3, -0.25) is 0 Å². The van der Waals surface area contributed by atoms with Crippen molar-refractivity contribution in [2.75, 3.05) is 13.2 Å². The van der Waals surface area contributed by atoms with Crippen molar-refractivity contribution in [1.82, 2.24) is 0 Å². The summed E-state index contributed by atoms with van der Waals surface area (Å²) in [6.07, 6.45) is 0. The molecule has 0 rings (SSSR count). The van der Waals surface area contributed by atoms with Crippen molar-refractivity contribution in [1.29, 1.82) is 0 Å². The Kier molecular flexibility index (Phi) is 13.6. The van der Waals surface area contributed by atoms with Gasteiger partial charge in [-0.1, -0.05) is 0 Å². The Morgan fingerprint density at radius 3 is 0.786 bits per heavy atom. The third-order valence-electron chi connectivity index (χ3n) is 0.1000. The lowest BCUT2D eigenvalue weighted by Gasteiger charge is -2.36. The maximum absolute atomic E-state index is 8.55. The average molecular weight is 252 g/mol. The van der Waals surface area contributed by atoms with Crippen LogP contribution in [0.4, 0.5) is 0 Å². The Hall–Kier alpha value is 0.140. The molecule has 0 aromatic carbocycles. The zero-order chi connectivity index (χ0) is 12.4. The number of rotatable bonds is 1. The summed E-state index contributed by atoms with van der Waals surface area (Å²) >= 11 is 0. The molecule has 0 heterocycles. The normalized spacial score (nSPS) is 10.6. The van der Waals surface area contributed by atoms with Crippen LogP contribution in [0.5, 0.6) is 0 Å². The Balaban J connectivity index is -0.000000131. The Bertz CT molecular complexity index is 150. The average Bonchev–Trinajstić information content (AvgIpc) is 1.79. The van der Waals surface area contributed by atoms with E-state index in [2.05, 4.69) is 0 Å². The van der Waals surface area contributed by atoms with Crippen LogP contribution < -0.4 is 29.4 Å². The fourth-order valence-corrected chi connectivity index (χ4v) is 0. The lowest BCUT2D eigenvalue weighted by molar-refractivity contribution is -0.434. The van der Waals surface area contributed by atoms with E-state index in [4.69, 9.17) is 48.7 Å². The van der Waals surface area contributed by atoms with Crippen LogP contribution in [0.25, 0.3) is 0 Å². The maximum Gasteiger partial charge on any atom is 0.0662 e. The fraction of sp³-hybridized carbons (Fsp3) is 1.00. The number of phosphoric acid groups is 2. The van der Waals surface area contributed by atoms with Gasteiger partial charge in [-0.2, -0.15) is 15.6 Å². The van der Waals surface area contributed by atoms with Gasteiger partial charge in [0.1, 0.15) is 0 Å². The summed E-state index contributed by atoms with van der Waals surface area (Å²) in [4.78, 5) is 51.3. The molecule has 0 aliphatic heterocycles. The first-order chi connectivity index (χ1) is 5.91. The van der Waals surface area contributed by atoms with Crippen molar-refractivity contribution in [3.05, 3.63) is 0 Å². The molecule has 0 amide bonds. The summed E-state index contributed by atoms with van der Waals surface area (Å²) in [5.41, 5.74) is 0. The topological polar surface area (TPSA) is 213 Å². The molecule has 2 N–H and O–H groups in total. The summed E-state index contributed by atoms with van der Waals surface area (Å²) in [5.74, 6) is 0. The van der Waals surface area contributed by atoms with Crippen molar-refractivity contribution in [2.45, 2.75) is 0 Å². The number of hydrogen-bond donors (Lipinski definition) is 2. The van der Waals surface area contributed by atoms with Gasteiger partial charge in [0.05, 0.1) is 13.2 Å². The highest BCUT2D eigenvalue weighted by molar-refractivity contribution is 7.40. The van der Waals surface area contributed by atoms with Crippen molar-refractivity contribution >= 4 is 15.6 Å². The highest BCUT2D eigenvalue weighted by atomic mass is 31.2. The molecule has 0 unspecified atom stereocenters. The van der Waals surface area contributed by atoms with E-state index in [1.807, 2.05) is 0 Å². The fourth-order valence-electron chi connectivity index (χ4n) is 0. The highest BCUT2D eigenvalue weighted by Gasteiger charge is 1.58. The van der Waals surface area contributed by atoms with E-state index < -0.39 is 15.6 Å². The molecule has 0 aliphatic carbocycles. The largest absolute Gasteiger partial charge is 0.822 e. The smallest absolute Gasteiger partial charge is 0.0662 e. The molecule has 10 nitrogen and oxygen atoms in total. The zero-order valence-electron chi connectivity index (χ0n) is 6.47. The van der Waals surface area contributed by atoms with Crippen LogP contribution in [0.15, 0.2) is 0 Å². The number of aliphatic hydroxyl groups excluding tert-OH is 2. The van der Waals surface area contributed by atoms with Crippen LogP contribution in [-0.4, -0.2) is 23.4 Å². The summed E-state index contributed by atoms with van der Waals surface area (Å²) < 4.78 is 17.1. The van der Waals surface area contributed by atoms with Crippen LogP contribution in [0, 0.1) is 0 Å². The second kappa shape index (κ2) is 9.69. The quantitative estimate of drug-likeness (QED) is 0.420. The molecular formula is C2H6O10P2-6. The zero-order valence-corrected chi connectivity index (χ0v) is 8.26. The summed E-state index contributed by atoms with van der Waals surface area (Å²) in [6.45, 7) is -0.250. The van der Waals surface area contributed by atoms with Crippen molar-refractivity contribution in [3.63, 3.8) is 0 Å². The van der Waals surface area contributed by atoms with Gasteiger partial charge >= 0.3 is 0 Å². The van der Waals surface area contributed by atoms with Crippen LogP contribution >= 0.6 is 15.6 Å². The van der Waals surface area contributed by atoms with E-state index in [9.17, 15) is 0 Å². The first-order valence-corrected chi connectivity index (χ1v) is 5.51. The van der Waals surface area contributed by atoms with Gasteiger partial charge in [0.2, 0.25) is 0 Å². The minimum atomic E-state index is -5.39. The van der Waals surface area contributed by atoms with Gasteiger partial charge < -0.3 is 48.7 Å². The first kappa shape index (κ1) is 19.7. The van der Waals surface area contributed by atoms with E-state index in [1.54, 1.807) is 0 Å². The Morgan fingerprint density at radius 2 is 0.786 bits per heavy atom. The van der Waals surface area contributed by atoms with Crippen molar-refractivity contribution in [3.8, 4) is 0 Å². The molecule has 0 saturated carbocycles. The minimum Gasteiger partial charge on any atom is -0.822 e. The molecular weight excluding hydrogens is 246 g/mol. The number of aliphatic hydroxyl groups is 2. The van der Waals surface area contributed by atoms with Crippen LogP contribution in [0.1, 0.15) is 0 Å². The molecule has 0 saturated heterocycles. The maximum atomic E-state index is 8.55. The predicted molar refractivity (Wildman–Crippen MR) is 29.4 cm³/mol. The standard InChI is InChI=1S/C2H6O2.2H3O4P/c3-1-2-4;2*1-5(2,3)4/h3-4H,1-2H2;2*(H3,1,2,3,4)/p-6. The molecule has 14 heavy (non-hydrogen) atoms. The Morgan fingerprint density at radius 1 is 0.714 bits per heavy atom. The lowest BCUT2D eigenvalue weighted by Crippen LogP contribution is -2.24. The molecule has 0 atom stereocenters. The molecule has 0 aromatic rings. The van der Waals surface area contributed by atoms with Gasteiger partial charge in [-0.25, -0.2) is 0 Å². The SMILES string of the molecule is O=P([O-])([O-])[O-].O=P([O-])([O-])[O-].OCCO. The van der Waals surface area contributed by atoms with E-state index in [0.717, 1.165) is 0 Å². The van der Waals surface area contributed by atoms with Crippen molar-refractivity contribution in [2.24, 2.45) is 0 Å². The molecule has 0 fully saturated rings. The van der Waals surface area contributed by atoms with Gasteiger partial charge in [0.25, 0.3) is 0 Å². The summed E-state index contributed by atoms with van der Waals surface area (Å²) in [7, 11) is -10.8. The molecule has 0 radical (unpaired) electrons. The Labute approximate surface area is 78.6 Å². The van der Waals surface area contributed by atoms with Crippen LogP contribution in [0.3, 0.4) is 0 Å². The van der Waals surface area contributed by atoms with Gasteiger partial charge in [0, 0.05) is 0 Å². The first-order valence-electron chi connectivity index (χ1n) is 2.59. The third kappa shape index (κ3) is 1160. The van der Waals surface area contributed by atoms with Crippen LogP contribution in [-0.2, 0) is 9.13 Å². The lowest BCUT2D eigenvalue weighted by atomic mass is 10.8. The summed E-state index contributed by atoms with van der Waals surface area (Å²) in [5, 5.41) is 15.2. The van der Waals surface area contributed by atoms with Crippen molar-refractivity contribution < 1.29 is 48.7 Å². The third-order valence-corrected chi connectivity index (χ3v) is 0.1000. The molecule has 0 aromatic heterocycles. The summed E-state index contributed by atoms with van der Waals surface area (Å²) in [6, 6.07) is 0. The number of hydrogen-bond acceptors (Lipinski definition) is 10. The second-order valence-electron chi connectivity index (χ2n) is 1.34. The van der Waals surface area contributed by atoms with Gasteiger partial charge in [0.15, 0.2) is 0 Å². The van der Waals surface area contributed by atoms with E-state index in [0.29, 0.717) is 0 Å². The molecule has 0 bridgehead atoms.